The molecule has 0 amide bonds. The van der Waals surface area contributed by atoms with Crippen LogP contribution in [0.5, 0.6) is 0 Å². The Morgan fingerprint density at radius 2 is 2.08 bits per heavy atom. The number of hydrogen-bond donors (Lipinski definition) is 0. The lowest BCUT2D eigenvalue weighted by Crippen LogP contribution is -2.34. The maximum Gasteiger partial charge on any atom is 0.137 e. The fourth-order valence-corrected chi connectivity index (χ4v) is 2.52. The lowest BCUT2D eigenvalue weighted by Gasteiger charge is -2.20. The Balaban J connectivity index is 2.35. The highest BCUT2D eigenvalue weighted by Crippen LogP contribution is 2.19. The lowest BCUT2D eigenvalue weighted by atomic mass is 10.4. The minimum absolute atomic E-state index is 0.548. The van der Waals surface area contributed by atoms with Crippen molar-refractivity contribution in [2.24, 2.45) is 0 Å². The molecule has 0 aromatic heterocycles. The quantitative estimate of drug-likeness (QED) is 0.621. The van der Waals surface area contributed by atoms with Crippen molar-refractivity contribution >= 4 is 34.3 Å². The van der Waals surface area contributed by atoms with E-state index in [1.165, 1.54) is 11.8 Å². The van der Waals surface area contributed by atoms with Gasteiger partial charge in [-0.25, -0.2) is 0 Å². The molecule has 0 N–H and O–H groups in total. The van der Waals surface area contributed by atoms with E-state index in [4.69, 9.17) is 12.2 Å². The van der Waals surface area contributed by atoms with Gasteiger partial charge in [-0.05, 0) is 19.8 Å². The first-order chi connectivity index (χ1) is 6.11. The molecule has 0 radical (unpaired) electrons. The Morgan fingerprint density at radius 1 is 1.54 bits per heavy atom. The van der Waals surface area contributed by atoms with Crippen LogP contribution < -0.4 is 5.11 Å². The second-order valence-corrected chi connectivity index (χ2v) is 5.01. The van der Waals surface area contributed by atoms with Crippen LogP contribution in [0.25, 0.3) is 0 Å². The second kappa shape index (κ2) is 4.81. The van der Waals surface area contributed by atoms with Crippen LogP contribution in [0, 0.1) is 0 Å². The number of likely N-dealkylation sites (tertiary alicyclic amines) is 1. The van der Waals surface area contributed by atoms with E-state index in [-0.39, 0.29) is 0 Å². The van der Waals surface area contributed by atoms with E-state index in [1.807, 2.05) is 0 Å². The highest BCUT2D eigenvalue weighted by Gasteiger charge is 2.17. The molecule has 0 aliphatic carbocycles. The minimum Gasteiger partial charge on any atom is -0.549 e. The van der Waals surface area contributed by atoms with Crippen LogP contribution in [-0.2, 0) is 4.79 Å². The van der Waals surface area contributed by atoms with E-state index in [2.05, 4.69) is 4.90 Å². The average Bonchev–Trinajstić information content (AvgIpc) is 2.55. The predicted molar refractivity (Wildman–Crippen MR) is 55.5 cm³/mol. The largest absolute Gasteiger partial charge is 0.549 e. The van der Waals surface area contributed by atoms with Crippen molar-refractivity contribution in [2.45, 2.75) is 25.0 Å². The smallest absolute Gasteiger partial charge is 0.137 e. The number of carboxylic acids is 1. The maximum atomic E-state index is 10.4. The summed E-state index contributed by atoms with van der Waals surface area (Å²) in [7, 11) is 0. The van der Waals surface area contributed by atoms with Gasteiger partial charge in [0.25, 0.3) is 0 Å². The van der Waals surface area contributed by atoms with Crippen molar-refractivity contribution in [3.05, 3.63) is 0 Å². The zero-order valence-electron chi connectivity index (χ0n) is 7.49. The van der Waals surface area contributed by atoms with Crippen molar-refractivity contribution in [3.8, 4) is 0 Å². The van der Waals surface area contributed by atoms with Crippen molar-refractivity contribution in [1.29, 1.82) is 0 Å². The maximum absolute atomic E-state index is 10.4. The zero-order chi connectivity index (χ0) is 9.84. The monoisotopic (exact) mass is 218 g/mol. The van der Waals surface area contributed by atoms with Gasteiger partial charge in [-0.15, -0.1) is 0 Å². The number of thiocarbonyl (C=S) groups is 1. The van der Waals surface area contributed by atoms with E-state index >= 15 is 0 Å². The summed E-state index contributed by atoms with van der Waals surface area (Å²) in [6.07, 6.45) is 2.31. The van der Waals surface area contributed by atoms with Crippen LogP contribution in [0.4, 0.5) is 0 Å². The second-order valence-electron chi connectivity index (χ2n) is 3.04. The van der Waals surface area contributed by atoms with Crippen LogP contribution in [-0.4, -0.2) is 33.5 Å². The van der Waals surface area contributed by atoms with Gasteiger partial charge in [-0.2, -0.15) is 0 Å². The number of thioether (sulfide) groups is 1. The van der Waals surface area contributed by atoms with Crippen LogP contribution >= 0.6 is 24.0 Å². The molecule has 0 bridgehead atoms. The molecule has 0 aromatic rings. The SMILES string of the molecule is C[C@@H](SC(=S)N1CCCC1)C(=O)[O-]. The predicted octanol–water partition coefficient (Wildman–Crippen LogP) is 0.239. The highest BCUT2D eigenvalue weighted by molar-refractivity contribution is 8.23. The van der Waals surface area contributed by atoms with Gasteiger partial charge in [0.15, 0.2) is 0 Å². The van der Waals surface area contributed by atoms with E-state index < -0.39 is 11.2 Å². The molecule has 1 aliphatic heterocycles. The molecule has 74 valence electrons. The molecule has 1 saturated heterocycles. The Labute approximate surface area is 87.5 Å². The third-order valence-electron chi connectivity index (χ3n) is 1.97. The fourth-order valence-electron chi connectivity index (χ4n) is 1.17. The average molecular weight is 218 g/mol. The van der Waals surface area contributed by atoms with Crippen molar-refractivity contribution in [2.75, 3.05) is 13.1 Å². The zero-order valence-corrected chi connectivity index (χ0v) is 9.12. The molecule has 3 nitrogen and oxygen atoms in total. The number of carbonyl (C=O) groups is 1. The third-order valence-corrected chi connectivity index (χ3v) is 3.53. The molecule has 0 aromatic carbocycles. The molecular formula is C8H12NO2S2-. The van der Waals surface area contributed by atoms with Gasteiger partial charge >= 0.3 is 0 Å². The molecule has 0 unspecified atom stereocenters. The first-order valence-electron chi connectivity index (χ1n) is 4.27. The number of aliphatic carboxylic acids is 1. The van der Waals surface area contributed by atoms with Gasteiger partial charge in [0.2, 0.25) is 0 Å². The summed E-state index contributed by atoms with van der Waals surface area (Å²) in [5, 5.41) is 9.89. The number of rotatable bonds is 2. The number of carboxylic acid groups (broad SMARTS) is 1. The van der Waals surface area contributed by atoms with Gasteiger partial charge in [0.05, 0.1) is 5.97 Å². The highest BCUT2D eigenvalue weighted by atomic mass is 32.2. The number of nitrogens with zero attached hydrogens (tertiary/aromatic N) is 1. The molecule has 1 atom stereocenters. The van der Waals surface area contributed by atoms with E-state index in [9.17, 15) is 9.90 Å². The van der Waals surface area contributed by atoms with Gasteiger partial charge in [0, 0.05) is 18.3 Å². The van der Waals surface area contributed by atoms with Crippen LogP contribution in [0.1, 0.15) is 19.8 Å². The fraction of sp³-hybridized carbons (Fsp3) is 0.750. The Kier molecular flexibility index (Phi) is 3.99. The molecule has 1 fully saturated rings. The van der Waals surface area contributed by atoms with Gasteiger partial charge in [0.1, 0.15) is 4.32 Å². The molecule has 1 rings (SSSR count). The first-order valence-corrected chi connectivity index (χ1v) is 5.56. The molecule has 1 heterocycles. The normalized spacial score (nSPS) is 18.7. The summed E-state index contributed by atoms with van der Waals surface area (Å²) in [6.45, 7) is 3.53. The number of hydrogen-bond acceptors (Lipinski definition) is 4. The molecule has 13 heavy (non-hydrogen) atoms. The van der Waals surface area contributed by atoms with E-state index in [0.29, 0.717) is 4.32 Å². The van der Waals surface area contributed by atoms with E-state index in [1.54, 1.807) is 6.92 Å². The Hall–Kier alpha value is -0.290. The summed E-state index contributed by atoms with van der Waals surface area (Å²) in [6, 6.07) is 0. The molecule has 5 heteroatoms. The Morgan fingerprint density at radius 3 is 2.54 bits per heavy atom. The van der Waals surface area contributed by atoms with Crippen molar-refractivity contribution < 1.29 is 9.90 Å². The number of carbonyl (C=O) groups excluding carboxylic acids is 1. The Bertz CT molecular complexity index is 214. The summed E-state index contributed by atoms with van der Waals surface area (Å²) >= 11 is 6.31. The summed E-state index contributed by atoms with van der Waals surface area (Å²) in [5.41, 5.74) is 0. The lowest BCUT2D eigenvalue weighted by molar-refractivity contribution is -0.304. The molecular weight excluding hydrogens is 206 g/mol. The van der Waals surface area contributed by atoms with E-state index in [0.717, 1.165) is 25.9 Å². The molecule has 0 saturated carbocycles. The van der Waals surface area contributed by atoms with Gasteiger partial charge < -0.3 is 14.8 Å². The third kappa shape index (κ3) is 3.15. The summed E-state index contributed by atoms with van der Waals surface area (Å²) in [5.74, 6) is -1.05. The van der Waals surface area contributed by atoms with Crippen molar-refractivity contribution in [1.82, 2.24) is 4.90 Å². The van der Waals surface area contributed by atoms with Crippen LogP contribution in [0.2, 0.25) is 0 Å². The molecule has 1 aliphatic rings. The minimum atomic E-state index is -1.05. The standard InChI is InChI=1S/C8H13NO2S2/c1-6(7(10)11)13-8(12)9-4-2-3-5-9/h6H,2-5H2,1H3,(H,10,11)/p-1/t6-/m1/s1. The van der Waals surface area contributed by atoms with Crippen LogP contribution in [0.3, 0.4) is 0 Å². The van der Waals surface area contributed by atoms with Gasteiger partial charge in [-0.3, -0.25) is 0 Å². The summed E-state index contributed by atoms with van der Waals surface area (Å²) < 4.78 is 0.689. The molecule has 0 spiro atoms. The van der Waals surface area contributed by atoms with Gasteiger partial charge in [-0.1, -0.05) is 24.0 Å². The van der Waals surface area contributed by atoms with Crippen molar-refractivity contribution in [3.63, 3.8) is 0 Å². The first kappa shape index (κ1) is 10.8. The summed E-state index contributed by atoms with van der Waals surface area (Å²) in [4.78, 5) is 12.5. The topological polar surface area (TPSA) is 43.4 Å². The van der Waals surface area contributed by atoms with Crippen LogP contribution in [0.15, 0.2) is 0 Å².